The van der Waals surface area contributed by atoms with Crippen molar-refractivity contribution in [2.75, 3.05) is 6.54 Å². The van der Waals surface area contributed by atoms with Gasteiger partial charge in [0.15, 0.2) is 0 Å². The highest BCUT2D eigenvalue weighted by atomic mass is 79.9. The molecule has 0 radical (unpaired) electrons. The number of halogens is 2. The first-order valence-electron chi connectivity index (χ1n) is 8.98. The molecule has 2 aromatic rings. The van der Waals surface area contributed by atoms with Crippen LogP contribution in [0.2, 0.25) is 0 Å². The van der Waals surface area contributed by atoms with Crippen LogP contribution in [0.4, 0.5) is 9.18 Å². The molecule has 1 heterocycles. The Balaban J connectivity index is 0.000000313. The maximum Gasteiger partial charge on any atom is 0.410 e. The number of aliphatic hydroxyl groups is 1. The lowest BCUT2D eigenvalue weighted by molar-refractivity contribution is -0.00588. The minimum absolute atomic E-state index is 0.0110. The van der Waals surface area contributed by atoms with Crippen LogP contribution in [0.5, 0.6) is 0 Å². The number of hydrogen-bond acceptors (Lipinski definition) is 3. The summed E-state index contributed by atoms with van der Waals surface area (Å²) >= 11 is 3.40. The summed E-state index contributed by atoms with van der Waals surface area (Å²) in [7, 11) is 0. The van der Waals surface area contributed by atoms with Crippen molar-refractivity contribution in [2.45, 2.75) is 44.9 Å². The standard InChI is InChI=1S/C15H20BrNO3.C6H5F/c1-10(18)9-14-7-8-17(15(19)20-14)11(2)12-3-5-13(16)6-4-12;7-6-4-2-1-3-5-6/h3-6,10-11,14,18H,7-9H2,1-2H3;1-5H. The van der Waals surface area contributed by atoms with Gasteiger partial charge >= 0.3 is 6.09 Å². The number of rotatable bonds is 4. The smallest absolute Gasteiger partial charge is 0.410 e. The lowest BCUT2D eigenvalue weighted by Crippen LogP contribution is -2.43. The van der Waals surface area contributed by atoms with Crippen molar-refractivity contribution in [3.05, 3.63) is 70.5 Å². The third-order valence-corrected chi connectivity index (χ3v) is 4.88. The Morgan fingerprint density at radius 1 is 1.19 bits per heavy atom. The molecule has 3 atom stereocenters. The Morgan fingerprint density at radius 2 is 1.81 bits per heavy atom. The molecule has 1 aliphatic heterocycles. The molecule has 0 spiro atoms. The first-order chi connectivity index (χ1) is 12.9. The van der Waals surface area contributed by atoms with Crippen LogP contribution in [-0.4, -0.2) is 34.9 Å². The lowest BCUT2D eigenvalue weighted by atomic mass is 10.0. The van der Waals surface area contributed by atoms with Gasteiger partial charge in [0, 0.05) is 23.9 Å². The quantitative estimate of drug-likeness (QED) is 0.703. The van der Waals surface area contributed by atoms with Crippen molar-refractivity contribution >= 4 is 22.0 Å². The number of benzene rings is 2. The van der Waals surface area contributed by atoms with E-state index in [1.54, 1.807) is 30.0 Å². The van der Waals surface area contributed by atoms with E-state index in [4.69, 9.17) is 4.74 Å². The Morgan fingerprint density at radius 3 is 2.30 bits per heavy atom. The molecule has 0 saturated carbocycles. The summed E-state index contributed by atoms with van der Waals surface area (Å²) in [5.74, 6) is -0.178. The van der Waals surface area contributed by atoms with Gasteiger partial charge in [-0.25, -0.2) is 9.18 Å². The van der Waals surface area contributed by atoms with Crippen LogP contribution < -0.4 is 0 Å². The Bertz CT molecular complexity index is 709. The number of nitrogens with zero attached hydrogens (tertiary/aromatic N) is 1. The van der Waals surface area contributed by atoms with Crippen molar-refractivity contribution in [1.82, 2.24) is 4.90 Å². The molecule has 2 aromatic carbocycles. The zero-order chi connectivity index (χ0) is 19.8. The van der Waals surface area contributed by atoms with Gasteiger partial charge in [0.05, 0.1) is 12.1 Å². The van der Waals surface area contributed by atoms with Gasteiger partial charge in [-0.1, -0.05) is 46.3 Å². The molecule has 3 rings (SSSR count). The van der Waals surface area contributed by atoms with Gasteiger partial charge in [-0.05, 0) is 43.7 Å². The molecule has 3 unspecified atom stereocenters. The number of carbonyl (C=O) groups excluding carboxylic acids is 1. The van der Waals surface area contributed by atoms with Crippen molar-refractivity contribution in [1.29, 1.82) is 0 Å². The maximum atomic E-state index is 12.1. The molecule has 0 aromatic heterocycles. The number of cyclic esters (lactones) is 1. The van der Waals surface area contributed by atoms with Crippen molar-refractivity contribution in [3.8, 4) is 0 Å². The second kappa shape index (κ2) is 10.4. The van der Waals surface area contributed by atoms with E-state index in [1.165, 1.54) is 12.1 Å². The SMILES string of the molecule is CC(O)CC1CCN(C(C)c2ccc(Br)cc2)C(=O)O1.Fc1ccccc1. The molecular weight excluding hydrogens is 413 g/mol. The zero-order valence-electron chi connectivity index (χ0n) is 15.5. The van der Waals surface area contributed by atoms with E-state index >= 15 is 0 Å². The molecule has 4 nitrogen and oxygen atoms in total. The maximum absolute atomic E-state index is 12.1. The molecule has 0 aliphatic carbocycles. The number of ether oxygens (including phenoxy) is 1. The molecule has 6 heteroatoms. The first kappa shape index (κ1) is 21.4. The Kier molecular flexibility index (Phi) is 8.25. The van der Waals surface area contributed by atoms with E-state index < -0.39 is 6.10 Å². The second-order valence-corrected chi connectivity index (χ2v) is 7.51. The number of hydrogen-bond donors (Lipinski definition) is 1. The third kappa shape index (κ3) is 6.96. The van der Waals surface area contributed by atoms with Gasteiger partial charge in [-0.15, -0.1) is 0 Å². The van der Waals surface area contributed by atoms with Gasteiger partial charge in [-0.3, -0.25) is 0 Å². The molecule has 0 bridgehead atoms. The highest BCUT2D eigenvalue weighted by molar-refractivity contribution is 9.10. The predicted molar refractivity (Wildman–Crippen MR) is 107 cm³/mol. The summed E-state index contributed by atoms with van der Waals surface area (Å²) in [6.45, 7) is 4.37. The average Bonchev–Trinajstić information content (AvgIpc) is 2.63. The van der Waals surface area contributed by atoms with E-state index in [9.17, 15) is 14.3 Å². The summed E-state index contributed by atoms with van der Waals surface area (Å²) in [6, 6.07) is 15.9. The van der Waals surface area contributed by atoms with Crippen LogP contribution >= 0.6 is 15.9 Å². The van der Waals surface area contributed by atoms with E-state index in [0.29, 0.717) is 13.0 Å². The summed E-state index contributed by atoms with van der Waals surface area (Å²) < 4.78 is 18.3. The summed E-state index contributed by atoms with van der Waals surface area (Å²) in [4.78, 5) is 13.8. The third-order valence-electron chi connectivity index (χ3n) is 4.35. The van der Waals surface area contributed by atoms with Crippen molar-refractivity contribution < 1.29 is 19.0 Å². The minimum atomic E-state index is -0.441. The molecule has 1 saturated heterocycles. The number of aliphatic hydroxyl groups excluding tert-OH is 1. The fourth-order valence-corrected chi connectivity index (χ4v) is 3.14. The van der Waals surface area contributed by atoms with E-state index in [0.717, 1.165) is 16.5 Å². The van der Waals surface area contributed by atoms with E-state index in [1.807, 2.05) is 31.2 Å². The van der Waals surface area contributed by atoms with Crippen LogP contribution in [0.3, 0.4) is 0 Å². The minimum Gasteiger partial charge on any atom is -0.446 e. The van der Waals surface area contributed by atoms with E-state index in [-0.39, 0.29) is 24.1 Å². The average molecular weight is 438 g/mol. The van der Waals surface area contributed by atoms with Crippen molar-refractivity contribution in [3.63, 3.8) is 0 Å². The first-order valence-corrected chi connectivity index (χ1v) is 9.77. The molecule has 27 heavy (non-hydrogen) atoms. The lowest BCUT2D eigenvalue weighted by Gasteiger charge is -2.36. The van der Waals surface area contributed by atoms with Crippen LogP contribution in [-0.2, 0) is 4.74 Å². The summed E-state index contributed by atoms with van der Waals surface area (Å²) in [6.07, 6.45) is 0.362. The van der Waals surface area contributed by atoms with Gasteiger partial charge in [-0.2, -0.15) is 0 Å². The molecule has 1 amide bonds. The van der Waals surface area contributed by atoms with E-state index in [2.05, 4.69) is 15.9 Å². The van der Waals surface area contributed by atoms with Gasteiger partial charge < -0.3 is 14.7 Å². The largest absolute Gasteiger partial charge is 0.446 e. The van der Waals surface area contributed by atoms with Crippen LogP contribution in [0.15, 0.2) is 59.1 Å². The number of carbonyl (C=O) groups is 1. The Hall–Kier alpha value is -1.92. The zero-order valence-corrected chi connectivity index (χ0v) is 17.1. The summed E-state index contributed by atoms with van der Waals surface area (Å²) in [5, 5.41) is 9.36. The van der Waals surface area contributed by atoms with Crippen molar-refractivity contribution in [2.24, 2.45) is 0 Å². The van der Waals surface area contributed by atoms with Gasteiger partial charge in [0.2, 0.25) is 0 Å². The monoisotopic (exact) mass is 437 g/mol. The Labute approximate surface area is 168 Å². The van der Waals surface area contributed by atoms with Crippen LogP contribution in [0.25, 0.3) is 0 Å². The highest BCUT2D eigenvalue weighted by Crippen LogP contribution is 2.27. The molecule has 1 fully saturated rings. The topological polar surface area (TPSA) is 49.8 Å². The molecule has 1 aliphatic rings. The molecular formula is C21H25BrFNO3. The van der Waals surface area contributed by atoms with Crippen LogP contribution in [0, 0.1) is 5.82 Å². The fraction of sp³-hybridized carbons (Fsp3) is 0.381. The molecule has 1 N–H and O–H groups in total. The van der Waals surface area contributed by atoms with Gasteiger partial charge in [0.1, 0.15) is 11.9 Å². The summed E-state index contributed by atoms with van der Waals surface area (Å²) in [5.41, 5.74) is 1.08. The fourth-order valence-electron chi connectivity index (χ4n) is 2.88. The molecule has 146 valence electrons. The predicted octanol–water partition coefficient (Wildman–Crippen LogP) is 5.32. The van der Waals surface area contributed by atoms with Gasteiger partial charge in [0.25, 0.3) is 0 Å². The normalized spacial score (nSPS) is 18.8. The number of amides is 1. The highest BCUT2D eigenvalue weighted by Gasteiger charge is 2.31. The second-order valence-electron chi connectivity index (χ2n) is 6.60. The van der Waals surface area contributed by atoms with Crippen LogP contribution in [0.1, 0.15) is 38.3 Å².